The Labute approximate surface area is 95.6 Å². The quantitative estimate of drug-likeness (QED) is 0.719. The molecule has 1 aromatic rings. The zero-order valence-corrected chi connectivity index (χ0v) is 10.1. The molecule has 0 aliphatic heterocycles. The molecule has 1 aromatic heterocycles. The SMILES string of the molecule is CC(C)Oc1cc(C=O)c(OC(C)C)cn1. The van der Waals surface area contributed by atoms with E-state index in [1.807, 2.05) is 27.7 Å². The first-order chi connectivity index (χ1) is 7.52. The Hall–Kier alpha value is -1.58. The van der Waals surface area contributed by atoms with Gasteiger partial charge in [0.1, 0.15) is 5.75 Å². The van der Waals surface area contributed by atoms with Crippen LogP contribution in [-0.4, -0.2) is 23.5 Å². The Bertz CT molecular complexity index is 361. The van der Waals surface area contributed by atoms with Crippen LogP contribution in [0, 0.1) is 0 Å². The van der Waals surface area contributed by atoms with Gasteiger partial charge in [0.2, 0.25) is 5.88 Å². The summed E-state index contributed by atoms with van der Waals surface area (Å²) in [4.78, 5) is 15.0. The summed E-state index contributed by atoms with van der Waals surface area (Å²) in [6.07, 6.45) is 2.30. The van der Waals surface area contributed by atoms with E-state index in [0.29, 0.717) is 17.2 Å². The van der Waals surface area contributed by atoms with Crippen molar-refractivity contribution in [3.05, 3.63) is 17.8 Å². The molecule has 1 rings (SSSR count). The minimum absolute atomic E-state index is 0.0115. The lowest BCUT2D eigenvalue weighted by Crippen LogP contribution is -2.10. The van der Waals surface area contributed by atoms with Crippen LogP contribution in [-0.2, 0) is 0 Å². The third-order valence-electron chi connectivity index (χ3n) is 1.72. The molecule has 88 valence electrons. The Balaban J connectivity index is 2.92. The van der Waals surface area contributed by atoms with Gasteiger partial charge in [0.15, 0.2) is 6.29 Å². The number of carbonyl (C=O) groups is 1. The van der Waals surface area contributed by atoms with E-state index in [0.717, 1.165) is 6.29 Å². The summed E-state index contributed by atoms with van der Waals surface area (Å²) in [7, 11) is 0. The summed E-state index contributed by atoms with van der Waals surface area (Å²) in [5, 5.41) is 0. The van der Waals surface area contributed by atoms with Gasteiger partial charge in [-0.3, -0.25) is 4.79 Å². The standard InChI is InChI=1S/C12H17NO3/c1-8(2)15-11-6-13-12(16-9(3)4)5-10(11)7-14/h5-9H,1-4H3. The van der Waals surface area contributed by atoms with Crippen molar-refractivity contribution >= 4 is 6.29 Å². The maximum Gasteiger partial charge on any atom is 0.214 e. The number of carbonyl (C=O) groups excluding carboxylic acids is 1. The molecule has 0 fully saturated rings. The predicted octanol–water partition coefficient (Wildman–Crippen LogP) is 2.47. The molecule has 0 saturated heterocycles. The van der Waals surface area contributed by atoms with Crippen LogP contribution in [0.15, 0.2) is 12.3 Å². The molecule has 0 atom stereocenters. The highest BCUT2D eigenvalue weighted by Crippen LogP contribution is 2.21. The molecular formula is C12H17NO3. The minimum Gasteiger partial charge on any atom is -0.489 e. The molecule has 4 nitrogen and oxygen atoms in total. The van der Waals surface area contributed by atoms with E-state index in [2.05, 4.69) is 4.98 Å². The van der Waals surface area contributed by atoms with Gasteiger partial charge < -0.3 is 9.47 Å². The number of pyridine rings is 1. The van der Waals surface area contributed by atoms with Crippen LogP contribution in [0.2, 0.25) is 0 Å². The van der Waals surface area contributed by atoms with Crippen molar-refractivity contribution in [2.24, 2.45) is 0 Å². The molecular weight excluding hydrogens is 206 g/mol. The number of hydrogen-bond acceptors (Lipinski definition) is 4. The second-order valence-corrected chi connectivity index (χ2v) is 4.01. The van der Waals surface area contributed by atoms with E-state index in [-0.39, 0.29) is 12.2 Å². The Morgan fingerprint density at radius 3 is 2.31 bits per heavy atom. The van der Waals surface area contributed by atoms with Gasteiger partial charge in [-0.2, -0.15) is 0 Å². The summed E-state index contributed by atoms with van der Waals surface area (Å²) in [5.41, 5.74) is 0.458. The van der Waals surface area contributed by atoms with Crippen molar-refractivity contribution in [1.82, 2.24) is 4.98 Å². The van der Waals surface area contributed by atoms with Crippen molar-refractivity contribution in [3.63, 3.8) is 0 Å². The van der Waals surface area contributed by atoms with Crippen LogP contribution in [0.3, 0.4) is 0 Å². The molecule has 0 saturated carbocycles. The molecule has 0 N–H and O–H groups in total. The van der Waals surface area contributed by atoms with E-state index >= 15 is 0 Å². The largest absolute Gasteiger partial charge is 0.489 e. The topological polar surface area (TPSA) is 48.4 Å². The fourth-order valence-corrected chi connectivity index (χ4v) is 1.19. The van der Waals surface area contributed by atoms with Gasteiger partial charge in [-0.05, 0) is 27.7 Å². The zero-order chi connectivity index (χ0) is 12.1. The maximum absolute atomic E-state index is 10.9. The van der Waals surface area contributed by atoms with Crippen molar-refractivity contribution in [1.29, 1.82) is 0 Å². The average Bonchev–Trinajstić information content (AvgIpc) is 2.18. The Morgan fingerprint density at radius 2 is 1.81 bits per heavy atom. The van der Waals surface area contributed by atoms with Gasteiger partial charge in [0.05, 0.1) is 24.0 Å². The molecule has 0 aromatic carbocycles. The molecule has 0 bridgehead atoms. The zero-order valence-electron chi connectivity index (χ0n) is 10.1. The summed E-state index contributed by atoms with van der Waals surface area (Å²) in [6.45, 7) is 7.60. The van der Waals surface area contributed by atoms with Crippen molar-refractivity contribution in [3.8, 4) is 11.6 Å². The minimum atomic E-state index is 0.0115. The lowest BCUT2D eigenvalue weighted by atomic mass is 10.2. The monoisotopic (exact) mass is 223 g/mol. The molecule has 0 spiro atoms. The highest BCUT2D eigenvalue weighted by atomic mass is 16.5. The molecule has 0 aliphatic carbocycles. The average molecular weight is 223 g/mol. The highest BCUT2D eigenvalue weighted by Gasteiger charge is 2.08. The Kier molecular flexibility index (Phi) is 4.28. The van der Waals surface area contributed by atoms with Crippen LogP contribution < -0.4 is 9.47 Å². The second-order valence-electron chi connectivity index (χ2n) is 4.01. The van der Waals surface area contributed by atoms with Gasteiger partial charge in [-0.25, -0.2) is 4.98 Å². The second kappa shape index (κ2) is 5.49. The van der Waals surface area contributed by atoms with Crippen LogP contribution in [0.5, 0.6) is 11.6 Å². The number of aldehydes is 1. The van der Waals surface area contributed by atoms with Crippen LogP contribution in [0.4, 0.5) is 0 Å². The maximum atomic E-state index is 10.9. The summed E-state index contributed by atoms with van der Waals surface area (Å²) >= 11 is 0. The molecule has 4 heteroatoms. The third-order valence-corrected chi connectivity index (χ3v) is 1.72. The molecule has 1 heterocycles. The summed E-state index contributed by atoms with van der Waals surface area (Å²) in [6, 6.07) is 1.59. The van der Waals surface area contributed by atoms with E-state index in [1.54, 1.807) is 6.07 Å². The first-order valence-corrected chi connectivity index (χ1v) is 5.31. The molecule has 0 aliphatic rings. The highest BCUT2D eigenvalue weighted by molar-refractivity contribution is 5.79. The number of ether oxygens (including phenoxy) is 2. The number of aromatic nitrogens is 1. The van der Waals surface area contributed by atoms with Gasteiger partial charge in [0.25, 0.3) is 0 Å². The summed E-state index contributed by atoms with van der Waals surface area (Å²) < 4.78 is 10.8. The van der Waals surface area contributed by atoms with Gasteiger partial charge in [-0.15, -0.1) is 0 Å². The molecule has 16 heavy (non-hydrogen) atoms. The summed E-state index contributed by atoms with van der Waals surface area (Å²) in [5.74, 6) is 0.925. The van der Waals surface area contributed by atoms with Gasteiger partial charge in [-0.1, -0.05) is 0 Å². The van der Waals surface area contributed by atoms with Gasteiger partial charge in [0, 0.05) is 6.07 Å². The van der Waals surface area contributed by atoms with E-state index in [1.165, 1.54) is 6.20 Å². The number of rotatable bonds is 5. The Morgan fingerprint density at radius 1 is 1.19 bits per heavy atom. The molecule has 0 unspecified atom stereocenters. The molecule has 0 radical (unpaired) electrons. The first-order valence-electron chi connectivity index (χ1n) is 5.31. The predicted molar refractivity (Wildman–Crippen MR) is 61.2 cm³/mol. The van der Waals surface area contributed by atoms with Gasteiger partial charge >= 0.3 is 0 Å². The normalized spacial score (nSPS) is 10.6. The van der Waals surface area contributed by atoms with E-state index in [9.17, 15) is 4.79 Å². The number of nitrogens with zero attached hydrogens (tertiary/aromatic N) is 1. The van der Waals surface area contributed by atoms with Crippen LogP contribution in [0.1, 0.15) is 38.1 Å². The van der Waals surface area contributed by atoms with Crippen molar-refractivity contribution < 1.29 is 14.3 Å². The fourth-order valence-electron chi connectivity index (χ4n) is 1.19. The van der Waals surface area contributed by atoms with Crippen molar-refractivity contribution in [2.75, 3.05) is 0 Å². The first kappa shape index (κ1) is 12.5. The smallest absolute Gasteiger partial charge is 0.214 e. The van der Waals surface area contributed by atoms with Crippen molar-refractivity contribution in [2.45, 2.75) is 39.9 Å². The van der Waals surface area contributed by atoms with Crippen LogP contribution in [0.25, 0.3) is 0 Å². The third kappa shape index (κ3) is 3.53. The lowest BCUT2D eigenvalue weighted by molar-refractivity contribution is 0.111. The molecule has 0 amide bonds. The van der Waals surface area contributed by atoms with E-state index < -0.39 is 0 Å². The lowest BCUT2D eigenvalue weighted by Gasteiger charge is -2.13. The number of hydrogen-bond donors (Lipinski definition) is 0. The fraction of sp³-hybridized carbons (Fsp3) is 0.500. The van der Waals surface area contributed by atoms with E-state index in [4.69, 9.17) is 9.47 Å². The van der Waals surface area contributed by atoms with Crippen LogP contribution >= 0.6 is 0 Å².